The van der Waals surface area contributed by atoms with Crippen LogP contribution in [0.25, 0.3) is 0 Å². The number of thioether (sulfide) groups is 1. The first-order chi connectivity index (χ1) is 8.15. The summed E-state index contributed by atoms with van der Waals surface area (Å²) in [6.45, 7) is -0.00402. The normalized spacial score (nSPS) is 27.5. The molecule has 0 aromatic heterocycles. The maximum absolute atomic E-state index is 11.3. The maximum Gasteiger partial charge on any atom is 0.508 e. The number of ether oxygens (including phenoxy) is 3. The number of nitrogens with one attached hydrogen (secondary N) is 1. The van der Waals surface area contributed by atoms with Crippen molar-refractivity contribution in [3.63, 3.8) is 0 Å². The van der Waals surface area contributed by atoms with Crippen molar-refractivity contribution in [2.75, 3.05) is 19.0 Å². The van der Waals surface area contributed by atoms with Gasteiger partial charge in [0.05, 0.1) is 0 Å². The van der Waals surface area contributed by atoms with Gasteiger partial charge in [0.1, 0.15) is 19.3 Å². The molecule has 2 rings (SSSR count). The standard InChI is InChI=1S/C9H11NO6S/c11-7-6(1-2-17-7)10-8(12)14-3-5-4-15-9(13)16-5/h5-6H,1-4H2,(H,10,12)/t5-,6-/m1/s1. The zero-order chi connectivity index (χ0) is 12.3. The Morgan fingerprint density at radius 2 is 2.35 bits per heavy atom. The molecule has 2 aliphatic heterocycles. The van der Waals surface area contributed by atoms with Crippen molar-refractivity contribution in [2.45, 2.75) is 18.6 Å². The first kappa shape index (κ1) is 12.0. The smallest absolute Gasteiger partial charge is 0.445 e. The molecule has 0 saturated carbocycles. The molecule has 17 heavy (non-hydrogen) atoms. The summed E-state index contributed by atoms with van der Waals surface area (Å²) in [7, 11) is 0. The van der Waals surface area contributed by atoms with E-state index < -0.39 is 24.4 Å². The number of alkyl carbamates (subject to hydrolysis) is 1. The molecule has 0 radical (unpaired) electrons. The molecule has 0 aliphatic carbocycles. The monoisotopic (exact) mass is 261 g/mol. The van der Waals surface area contributed by atoms with Crippen LogP contribution in [0.2, 0.25) is 0 Å². The largest absolute Gasteiger partial charge is 0.508 e. The van der Waals surface area contributed by atoms with E-state index in [9.17, 15) is 14.4 Å². The summed E-state index contributed by atoms with van der Waals surface area (Å²) in [4.78, 5) is 33.1. The van der Waals surface area contributed by atoms with Crippen LogP contribution in [0, 0.1) is 0 Å². The van der Waals surface area contributed by atoms with Crippen LogP contribution in [0.4, 0.5) is 9.59 Å². The highest BCUT2D eigenvalue weighted by Crippen LogP contribution is 2.19. The summed E-state index contributed by atoms with van der Waals surface area (Å²) in [6.07, 6.45) is -1.41. The fourth-order valence-electron chi connectivity index (χ4n) is 1.43. The van der Waals surface area contributed by atoms with Gasteiger partial charge in [0.2, 0.25) is 5.12 Å². The fourth-order valence-corrected chi connectivity index (χ4v) is 2.36. The van der Waals surface area contributed by atoms with Crippen molar-refractivity contribution in [1.29, 1.82) is 0 Å². The first-order valence-corrected chi connectivity index (χ1v) is 6.07. The van der Waals surface area contributed by atoms with Gasteiger partial charge >= 0.3 is 12.2 Å². The van der Waals surface area contributed by atoms with Crippen molar-refractivity contribution in [2.24, 2.45) is 0 Å². The van der Waals surface area contributed by atoms with Gasteiger partial charge in [0.15, 0.2) is 6.10 Å². The zero-order valence-electron chi connectivity index (χ0n) is 8.84. The zero-order valence-corrected chi connectivity index (χ0v) is 9.66. The average Bonchev–Trinajstić information content (AvgIpc) is 2.86. The molecule has 94 valence electrons. The van der Waals surface area contributed by atoms with Gasteiger partial charge in [-0.1, -0.05) is 11.8 Å². The van der Waals surface area contributed by atoms with Crippen molar-refractivity contribution in [1.82, 2.24) is 5.32 Å². The fraction of sp³-hybridized carbons (Fsp3) is 0.667. The quantitative estimate of drug-likeness (QED) is 0.729. The third-order valence-electron chi connectivity index (χ3n) is 2.28. The molecule has 0 bridgehead atoms. The molecular formula is C9H11NO6S. The Labute approximate surface area is 101 Å². The summed E-state index contributed by atoms with van der Waals surface area (Å²) < 4.78 is 14.0. The van der Waals surface area contributed by atoms with Gasteiger partial charge in [-0.05, 0) is 6.42 Å². The Kier molecular flexibility index (Phi) is 3.72. The number of carbonyl (C=O) groups excluding carboxylic acids is 3. The van der Waals surface area contributed by atoms with E-state index in [2.05, 4.69) is 14.8 Å². The number of hydrogen-bond acceptors (Lipinski definition) is 7. The number of rotatable bonds is 3. The molecule has 2 atom stereocenters. The summed E-state index contributed by atoms with van der Waals surface area (Å²) in [6, 6.07) is -0.477. The molecule has 2 fully saturated rings. The lowest BCUT2D eigenvalue weighted by Gasteiger charge is -2.12. The van der Waals surface area contributed by atoms with Crippen LogP contribution in [0.5, 0.6) is 0 Å². The van der Waals surface area contributed by atoms with E-state index in [4.69, 9.17) is 4.74 Å². The highest BCUT2D eigenvalue weighted by molar-refractivity contribution is 8.14. The van der Waals surface area contributed by atoms with E-state index in [1.807, 2.05) is 0 Å². The summed E-state index contributed by atoms with van der Waals surface area (Å²) in [5.41, 5.74) is 0. The molecule has 1 N–H and O–H groups in total. The molecule has 2 heterocycles. The van der Waals surface area contributed by atoms with Crippen molar-refractivity contribution < 1.29 is 28.6 Å². The predicted octanol–water partition coefficient (Wildman–Crippen LogP) is 0.280. The number of amides is 1. The molecular weight excluding hydrogens is 250 g/mol. The molecule has 2 saturated heterocycles. The van der Waals surface area contributed by atoms with Crippen molar-refractivity contribution >= 4 is 29.1 Å². The molecule has 8 heteroatoms. The molecule has 0 aromatic rings. The van der Waals surface area contributed by atoms with E-state index in [0.717, 1.165) is 0 Å². The van der Waals surface area contributed by atoms with Crippen LogP contribution in [0.15, 0.2) is 0 Å². The van der Waals surface area contributed by atoms with E-state index in [1.165, 1.54) is 11.8 Å². The van der Waals surface area contributed by atoms with E-state index >= 15 is 0 Å². The summed E-state index contributed by atoms with van der Waals surface area (Å²) in [5, 5.41) is 2.39. The molecule has 7 nitrogen and oxygen atoms in total. The van der Waals surface area contributed by atoms with Gasteiger partial charge in [-0.25, -0.2) is 9.59 Å². The summed E-state index contributed by atoms with van der Waals surface area (Å²) >= 11 is 1.19. The third kappa shape index (κ3) is 3.26. The van der Waals surface area contributed by atoms with E-state index in [-0.39, 0.29) is 18.3 Å². The average molecular weight is 261 g/mol. The maximum atomic E-state index is 11.3. The Morgan fingerprint density at radius 1 is 1.53 bits per heavy atom. The van der Waals surface area contributed by atoms with Crippen molar-refractivity contribution in [3.05, 3.63) is 0 Å². The van der Waals surface area contributed by atoms with Gasteiger partial charge in [0, 0.05) is 5.75 Å². The topological polar surface area (TPSA) is 90.9 Å². The SMILES string of the molecule is O=C(N[C@@H]1CCSC1=O)OC[C@@H]1COC(=O)O1. The second kappa shape index (κ2) is 5.26. The predicted molar refractivity (Wildman–Crippen MR) is 56.6 cm³/mol. The van der Waals surface area contributed by atoms with Gasteiger partial charge in [-0.2, -0.15) is 0 Å². The minimum absolute atomic E-state index is 0.0578. The van der Waals surface area contributed by atoms with Crippen LogP contribution in [-0.4, -0.2) is 48.5 Å². The van der Waals surface area contributed by atoms with Crippen LogP contribution in [0.3, 0.4) is 0 Å². The van der Waals surface area contributed by atoms with Crippen LogP contribution >= 0.6 is 11.8 Å². The summed E-state index contributed by atoms with van der Waals surface area (Å²) in [5.74, 6) is 0.706. The number of cyclic esters (lactones) is 2. The third-order valence-corrected chi connectivity index (χ3v) is 3.29. The number of carbonyl (C=O) groups is 3. The highest BCUT2D eigenvalue weighted by Gasteiger charge is 2.29. The van der Waals surface area contributed by atoms with Crippen molar-refractivity contribution in [3.8, 4) is 0 Å². The Bertz CT molecular complexity index is 346. The minimum Gasteiger partial charge on any atom is -0.445 e. The first-order valence-electron chi connectivity index (χ1n) is 5.08. The Hall–Kier alpha value is -1.44. The minimum atomic E-state index is -0.763. The lowest BCUT2D eigenvalue weighted by Crippen LogP contribution is -2.38. The second-order valence-electron chi connectivity index (χ2n) is 3.55. The van der Waals surface area contributed by atoms with Crippen LogP contribution < -0.4 is 5.32 Å². The molecule has 0 unspecified atom stereocenters. The van der Waals surface area contributed by atoms with E-state index in [0.29, 0.717) is 12.2 Å². The highest BCUT2D eigenvalue weighted by atomic mass is 32.2. The van der Waals surface area contributed by atoms with Gasteiger partial charge in [0.25, 0.3) is 0 Å². The van der Waals surface area contributed by atoms with Crippen LogP contribution in [-0.2, 0) is 19.0 Å². The lowest BCUT2D eigenvalue weighted by atomic mass is 10.3. The molecule has 0 aromatic carbocycles. The molecule has 1 amide bonds. The van der Waals surface area contributed by atoms with Gasteiger partial charge in [-0.15, -0.1) is 0 Å². The van der Waals surface area contributed by atoms with Gasteiger partial charge < -0.3 is 19.5 Å². The van der Waals surface area contributed by atoms with Crippen LogP contribution in [0.1, 0.15) is 6.42 Å². The van der Waals surface area contributed by atoms with E-state index in [1.54, 1.807) is 0 Å². The second-order valence-corrected chi connectivity index (χ2v) is 4.65. The Morgan fingerprint density at radius 3 is 2.94 bits per heavy atom. The Balaban J connectivity index is 1.67. The number of hydrogen-bond donors (Lipinski definition) is 1. The molecule has 2 aliphatic rings. The molecule has 0 spiro atoms. The lowest BCUT2D eigenvalue weighted by molar-refractivity contribution is -0.112. The van der Waals surface area contributed by atoms with Gasteiger partial charge in [-0.3, -0.25) is 4.79 Å².